The molecule has 0 aromatic heterocycles. The van der Waals surface area contributed by atoms with Gasteiger partial charge in [-0.15, -0.1) is 0 Å². The van der Waals surface area contributed by atoms with E-state index in [-0.39, 0.29) is 0 Å². The normalized spacial score (nSPS) is 12.2. The van der Waals surface area contributed by atoms with Gasteiger partial charge < -0.3 is 5.11 Å². The number of rotatable bonds is 4. The Morgan fingerprint density at radius 3 is 1.19 bits per heavy atom. The molecule has 0 saturated carbocycles. The van der Waals surface area contributed by atoms with E-state index >= 15 is 0 Å². The Kier molecular flexibility index (Phi) is 4.53. The second-order valence-corrected chi connectivity index (χ2v) is 6.63. The Balaban J connectivity index is 2.31. The predicted molar refractivity (Wildman–Crippen MR) is 89.7 cm³/mol. The molecule has 0 saturated heterocycles. The molecule has 0 heterocycles. The highest BCUT2D eigenvalue weighted by Crippen LogP contribution is 2.31. The monoisotopic (exact) mass is 282 g/mol. The van der Waals surface area contributed by atoms with Gasteiger partial charge in [0.05, 0.1) is 0 Å². The first-order chi connectivity index (χ1) is 9.82. The lowest BCUT2D eigenvalue weighted by Gasteiger charge is -2.25. The summed E-state index contributed by atoms with van der Waals surface area (Å²) in [5.74, 6) is 1.02. The van der Waals surface area contributed by atoms with Crippen LogP contribution in [0, 0.1) is 0 Å². The number of aliphatic hydroxyl groups is 1. The quantitative estimate of drug-likeness (QED) is 0.818. The average Bonchev–Trinajstić information content (AvgIpc) is 2.47. The van der Waals surface area contributed by atoms with Gasteiger partial charge in [0.25, 0.3) is 0 Å². The number of hydrogen-bond acceptors (Lipinski definition) is 1. The summed E-state index contributed by atoms with van der Waals surface area (Å²) in [6, 6.07) is 16.6. The van der Waals surface area contributed by atoms with Gasteiger partial charge in [-0.1, -0.05) is 76.2 Å². The summed E-state index contributed by atoms with van der Waals surface area (Å²) in [5, 5.41) is 10.9. The number of hydrogen-bond donors (Lipinski definition) is 1. The second-order valence-electron chi connectivity index (χ2n) is 6.63. The number of benzene rings is 2. The lowest BCUT2D eigenvalue weighted by atomic mass is 9.86. The Morgan fingerprint density at radius 2 is 0.952 bits per heavy atom. The summed E-state index contributed by atoms with van der Waals surface area (Å²) in [6.45, 7) is 10.6. The minimum Gasteiger partial charge on any atom is -0.381 e. The summed E-state index contributed by atoms with van der Waals surface area (Å²) >= 11 is 0. The van der Waals surface area contributed by atoms with Crippen LogP contribution in [-0.4, -0.2) is 5.11 Å². The Morgan fingerprint density at radius 1 is 0.667 bits per heavy atom. The third kappa shape index (κ3) is 3.36. The molecule has 0 spiro atoms. The highest BCUT2D eigenvalue weighted by Gasteiger charge is 2.25. The third-order valence-electron chi connectivity index (χ3n) is 4.28. The molecule has 1 nitrogen and oxygen atoms in total. The first-order valence-electron chi connectivity index (χ1n) is 7.75. The Labute approximate surface area is 128 Å². The smallest absolute Gasteiger partial charge is 0.112 e. The van der Waals surface area contributed by atoms with E-state index in [0.29, 0.717) is 11.8 Å². The summed E-state index contributed by atoms with van der Waals surface area (Å²) in [5.41, 5.74) is 3.51. The van der Waals surface area contributed by atoms with Gasteiger partial charge in [-0.05, 0) is 41.0 Å². The second kappa shape index (κ2) is 6.03. The molecule has 21 heavy (non-hydrogen) atoms. The Bertz CT molecular complexity index is 521. The molecule has 1 heteroatoms. The molecule has 0 radical (unpaired) electrons. The summed E-state index contributed by atoms with van der Waals surface area (Å²) in [4.78, 5) is 0. The van der Waals surface area contributed by atoms with Crippen LogP contribution in [0.1, 0.15) is 68.7 Å². The molecule has 112 valence electrons. The van der Waals surface area contributed by atoms with E-state index in [0.717, 1.165) is 11.1 Å². The SMILES string of the molecule is CC(C)c1ccc(C(C)(O)c2ccc(C(C)C)cc2)cc1. The van der Waals surface area contributed by atoms with Gasteiger partial charge in [0.2, 0.25) is 0 Å². The van der Waals surface area contributed by atoms with Crippen LogP contribution in [0.4, 0.5) is 0 Å². The highest BCUT2D eigenvalue weighted by molar-refractivity contribution is 5.38. The van der Waals surface area contributed by atoms with Crippen LogP contribution in [0.2, 0.25) is 0 Å². The molecule has 2 rings (SSSR count). The molecule has 0 bridgehead atoms. The maximum absolute atomic E-state index is 10.9. The molecule has 0 unspecified atom stereocenters. The van der Waals surface area contributed by atoms with Gasteiger partial charge in [0.1, 0.15) is 5.60 Å². The molecule has 0 fully saturated rings. The first-order valence-corrected chi connectivity index (χ1v) is 7.75. The van der Waals surface area contributed by atoms with Gasteiger partial charge >= 0.3 is 0 Å². The van der Waals surface area contributed by atoms with Crippen LogP contribution in [0.15, 0.2) is 48.5 Å². The lowest BCUT2D eigenvalue weighted by molar-refractivity contribution is 0.102. The van der Waals surface area contributed by atoms with Crippen molar-refractivity contribution in [2.75, 3.05) is 0 Å². The molecule has 0 aliphatic carbocycles. The van der Waals surface area contributed by atoms with E-state index in [9.17, 15) is 5.11 Å². The Hall–Kier alpha value is -1.60. The third-order valence-corrected chi connectivity index (χ3v) is 4.28. The average molecular weight is 282 g/mol. The molecule has 0 amide bonds. The van der Waals surface area contributed by atoms with Crippen molar-refractivity contribution in [3.63, 3.8) is 0 Å². The van der Waals surface area contributed by atoms with E-state index < -0.39 is 5.60 Å². The van der Waals surface area contributed by atoms with Crippen molar-refractivity contribution in [1.82, 2.24) is 0 Å². The maximum Gasteiger partial charge on any atom is 0.112 e. The summed E-state index contributed by atoms with van der Waals surface area (Å²) < 4.78 is 0. The maximum atomic E-state index is 10.9. The van der Waals surface area contributed by atoms with Gasteiger partial charge in [0, 0.05) is 0 Å². The van der Waals surface area contributed by atoms with Gasteiger partial charge in [-0.3, -0.25) is 0 Å². The molecular weight excluding hydrogens is 256 g/mol. The van der Waals surface area contributed by atoms with Crippen molar-refractivity contribution in [3.8, 4) is 0 Å². The molecule has 2 aromatic carbocycles. The zero-order valence-corrected chi connectivity index (χ0v) is 13.7. The molecule has 1 N–H and O–H groups in total. The van der Waals surface area contributed by atoms with Crippen molar-refractivity contribution in [1.29, 1.82) is 0 Å². The zero-order chi connectivity index (χ0) is 15.6. The van der Waals surface area contributed by atoms with Crippen molar-refractivity contribution < 1.29 is 5.11 Å². The molecule has 0 aliphatic rings. The van der Waals surface area contributed by atoms with E-state index in [1.165, 1.54) is 11.1 Å². The van der Waals surface area contributed by atoms with Crippen LogP contribution < -0.4 is 0 Å². The van der Waals surface area contributed by atoms with Crippen LogP contribution in [-0.2, 0) is 5.60 Å². The predicted octanol–water partition coefficient (Wildman–Crippen LogP) is 5.19. The van der Waals surface area contributed by atoms with Crippen LogP contribution in [0.5, 0.6) is 0 Å². The highest BCUT2D eigenvalue weighted by atomic mass is 16.3. The van der Waals surface area contributed by atoms with Gasteiger partial charge in [-0.25, -0.2) is 0 Å². The van der Waals surface area contributed by atoms with Crippen molar-refractivity contribution in [2.45, 2.75) is 52.1 Å². The van der Waals surface area contributed by atoms with Crippen molar-refractivity contribution in [3.05, 3.63) is 70.8 Å². The van der Waals surface area contributed by atoms with Crippen molar-refractivity contribution >= 4 is 0 Å². The van der Waals surface area contributed by atoms with Crippen LogP contribution in [0.3, 0.4) is 0 Å². The van der Waals surface area contributed by atoms with Crippen LogP contribution >= 0.6 is 0 Å². The van der Waals surface area contributed by atoms with Crippen LogP contribution in [0.25, 0.3) is 0 Å². The van der Waals surface area contributed by atoms with E-state index in [1.807, 2.05) is 31.2 Å². The van der Waals surface area contributed by atoms with E-state index in [2.05, 4.69) is 52.0 Å². The minimum atomic E-state index is -0.953. The fourth-order valence-corrected chi connectivity index (χ4v) is 2.55. The first kappa shape index (κ1) is 15.8. The van der Waals surface area contributed by atoms with Gasteiger partial charge in [0.15, 0.2) is 0 Å². The zero-order valence-electron chi connectivity index (χ0n) is 13.7. The van der Waals surface area contributed by atoms with E-state index in [1.54, 1.807) is 0 Å². The van der Waals surface area contributed by atoms with E-state index in [4.69, 9.17) is 0 Å². The summed E-state index contributed by atoms with van der Waals surface area (Å²) in [7, 11) is 0. The fourth-order valence-electron chi connectivity index (χ4n) is 2.55. The topological polar surface area (TPSA) is 20.2 Å². The molecular formula is C20H26O. The van der Waals surface area contributed by atoms with Crippen molar-refractivity contribution in [2.24, 2.45) is 0 Å². The standard InChI is InChI=1S/C20H26O/c1-14(2)16-6-10-18(11-7-16)20(5,21)19-12-8-17(9-13-19)15(3)4/h6-15,21H,1-5H3. The fraction of sp³-hybridized carbons (Fsp3) is 0.400. The molecule has 0 atom stereocenters. The molecule has 0 aliphatic heterocycles. The minimum absolute atomic E-state index is 0.509. The largest absolute Gasteiger partial charge is 0.381 e. The summed E-state index contributed by atoms with van der Waals surface area (Å²) in [6.07, 6.45) is 0. The molecule has 2 aromatic rings. The van der Waals surface area contributed by atoms with Gasteiger partial charge in [-0.2, -0.15) is 0 Å². The lowest BCUT2D eigenvalue weighted by Crippen LogP contribution is -2.22.